The zero-order chi connectivity index (χ0) is 24.3. The van der Waals surface area contributed by atoms with Gasteiger partial charge in [0.1, 0.15) is 0 Å². The van der Waals surface area contributed by atoms with Crippen LogP contribution in [0.5, 0.6) is 0 Å². The summed E-state index contributed by atoms with van der Waals surface area (Å²) in [4.78, 5) is 37.6. The van der Waals surface area contributed by atoms with Crippen molar-refractivity contribution in [3.63, 3.8) is 0 Å². The number of non-ortho nitro benzene ring substituents is 1. The van der Waals surface area contributed by atoms with Crippen LogP contribution < -0.4 is 0 Å². The number of nitro groups is 1. The van der Waals surface area contributed by atoms with Crippen LogP contribution in [0.15, 0.2) is 83.2 Å². The highest BCUT2D eigenvalue weighted by atomic mass is 16.6. The molecule has 0 radical (unpaired) electrons. The topological polar surface area (TPSA) is 121 Å². The molecule has 0 saturated heterocycles. The minimum Gasteiger partial charge on any atom is -0.478 e. The summed E-state index contributed by atoms with van der Waals surface area (Å²) < 4.78 is 0. The van der Waals surface area contributed by atoms with E-state index >= 15 is 0 Å². The van der Waals surface area contributed by atoms with E-state index < -0.39 is 22.3 Å². The molecule has 8 heteroatoms. The monoisotopic (exact) mass is 448 g/mol. The van der Waals surface area contributed by atoms with Gasteiger partial charge in [-0.1, -0.05) is 54.6 Å². The minimum atomic E-state index is -1.64. The van der Waals surface area contributed by atoms with E-state index in [0.717, 1.165) is 5.56 Å². The second kappa shape index (κ2) is 9.12. The molecule has 0 atom stereocenters. The standard InChI is InChI=1S/C25H24N2O6/c1-16-21(23(28)29)25(22(24(30)31)17(2)26(16)3,14-8-11-18-9-5-4-6-10-18)19-12-7-13-20(15-19)27(32)33/h4-13,15H,14H2,1-3H3,(H,28,29)(H,30,31). The van der Waals surface area contributed by atoms with Crippen molar-refractivity contribution in [2.45, 2.75) is 25.7 Å². The van der Waals surface area contributed by atoms with Crippen molar-refractivity contribution in [3.8, 4) is 0 Å². The Morgan fingerprint density at radius 1 is 1.00 bits per heavy atom. The van der Waals surface area contributed by atoms with E-state index in [1.54, 1.807) is 39.1 Å². The van der Waals surface area contributed by atoms with Crippen LogP contribution in [0.1, 0.15) is 31.4 Å². The molecular weight excluding hydrogens is 424 g/mol. The zero-order valence-corrected chi connectivity index (χ0v) is 18.5. The number of hydrogen-bond donors (Lipinski definition) is 2. The van der Waals surface area contributed by atoms with Crippen LogP contribution in [0.3, 0.4) is 0 Å². The number of benzene rings is 2. The molecule has 0 fully saturated rings. The van der Waals surface area contributed by atoms with Crippen molar-refractivity contribution in [1.82, 2.24) is 4.90 Å². The average molecular weight is 448 g/mol. The number of carboxylic acid groups (broad SMARTS) is 2. The molecule has 8 nitrogen and oxygen atoms in total. The van der Waals surface area contributed by atoms with Crippen LogP contribution in [0.25, 0.3) is 6.08 Å². The average Bonchev–Trinajstić information content (AvgIpc) is 2.77. The van der Waals surface area contributed by atoms with Crippen LogP contribution in [0.2, 0.25) is 0 Å². The molecule has 3 rings (SSSR count). The quantitative estimate of drug-likeness (QED) is 0.469. The molecule has 33 heavy (non-hydrogen) atoms. The van der Waals surface area contributed by atoms with E-state index in [1.807, 2.05) is 30.3 Å². The second-order valence-corrected chi connectivity index (χ2v) is 7.82. The third-order valence-electron chi connectivity index (χ3n) is 6.09. The molecule has 0 bridgehead atoms. The summed E-state index contributed by atoms with van der Waals surface area (Å²) in [6, 6.07) is 14.8. The van der Waals surface area contributed by atoms with Crippen molar-refractivity contribution in [2.75, 3.05) is 7.05 Å². The van der Waals surface area contributed by atoms with Gasteiger partial charge in [0.05, 0.1) is 21.5 Å². The summed E-state index contributed by atoms with van der Waals surface area (Å²) in [7, 11) is 1.60. The molecular formula is C25H24N2O6. The fraction of sp³-hybridized carbons (Fsp3) is 0.200. The molecule has 0 unspecified atom stereocenters. The Bertz CT molecular complexity index is 1170. The van der Waals surface area contributed by atoms with Crippen molar-refractivity contribution in [2.24, 2.45) is 0 Å². The first-order chi connectivity index (χ1) is 15.6. The molecule has 0 amide bonds. The maximum absolute atomic E-state index is 12.6. The molecule has 2 aromatic rings. The summed E-state index contributed by atoms with van der Waals surface area (Å²) in [5.41, 5.74) is -0.338. The normalized spacial score (nSPS) is 15.8. The largest absolute Gasteiger partial charge is 0.478 e. The predicted molar refractivity (Wildman–Crippen MR) is 123 cm³/mol. The van der Waals surface area contributed by atoms with Gasteiger partial charge < -0.3 is 15.1 Å². The van der Waals surface area contributed by atoms with Gasteiger partial charge in [0.2, 0.25) is 0 Å². The molecule has 2 N–H and O–H groups in total. The molecule has 2 aromatic carbocycles. The Balaban J connectivity index is 2.37. The maximum atomic E-state index is 12.6. The van der Waals surface area contributed by atoms with E-state index in [0.29, 0.717) is 11.4 Å². The summed E-state index contributed by atoms with van der Waals surface area (Å²) in [5, 5.41) is 32.0. The van der Waals surface area contributed by atoms with Gasteiger partial charge in [0.15, 0.2) is 0 Å². The SMILES string of the molecule is CC1=C(C(=O)O)C(CC=Cc2ccccc2)(c2cccc([N+](=O)[O-])c2)C(C(=O)O)=C(C)N1C. The lowest BCUT2D eigenvalue weighted by atomic mass is 9.63. The van der Waals surface area contributed by atoms with E-state index in [-0.39, 0.29) is 28.8 Å². The smallest absolute Gasteiger partial charge is 0.334 e. The van der Waals surface area contributed by atoms with Gasteiger partial charge in [0.25, 0.3) is 5.69 Å². The number of hydrogen-bond acceptors (Lipinski definition) is 5. The number of allylic oxidation sites excluding steroid dienone is 3. The van der Waals surface area contributed by atoms with Crippen LogP contribution >= 0.6 is 0 Å². The molecule has 1 aliphatic rings. The highest BCUT2D eigenvalue weighted by Gasteiger charge is 2.51. The third-order valence-corrected chi connectivity index (χ3v) is 6.09. The summed E-state index contributed by atoms with van der Waals surface area (Å²) >= 11 is 0. The first kappa shape index (κ1) is 23.5. The molecule has 170 valence electrons. The third kappa shape index (κ3) is 4.15. The van der Waals surface area contributed by atoms with E-state index in [4.69, 9.17) is 0 Å². The van der Waals surface area contributed by atoms with Gasteiger partial charge in [-0.2, -0.15) is 0 Å². The summed E-state index contributed by atoms with van der Waals surface area (Å²) in [6.07, 6.45) is 3.47. The van der Waals surface area contributed by atoms with E-state index in [9.17, 15) is 29.9 Å². The first-order valence-corrected chi connectivity index (χ1v) is 10.2. The second-order valence-electron chi connectivity index (χ2n) is 7.82. The molecule has 0 aliphatic carbocycles. The number of carboxylic acids is 2. The Hall–Kier alpha value is -4.20. The number of nitro benzene ring substituents is 1. The lowest BCUT2D eigenvalue weighted by molar-refractivity contribution is -0.385. The van der Waals surface area contributed by atoms with Gasteiger partial charge in [-0.3, -0.25) is 10.1 Å². The van der Waals surface area contributed by atoms with Crippen LogP contribution in [-0.4, -0.2) is 39.0 Å². The zero-order valence-electron chi connectivity index (χ0n) is 18.5. The Labute approximate surface area is 190 Å². The number of aliphatic carboxylic acids is 2. The fourth-order valence-corrected chi connectivity index (χ4v) is 4.44. The van der Waals surface area contributed by atoms with Gasteiger partial charge in [-0.15, -0.1) is 0 Å². The highest BCUT2D eigenvalue weighted by Crippen LogP contribution is 2.50. The van der Waals surface area contributed by atoms with Crippen molar-refractivity contribution < 1.29 is 24.7 Å². The maximum Gasteiger partial charge on any atom is 0.334 e. The van der Waals surface area contributed by atoms with Crippen molar-refractivity contribution in [1.29, 1.82) is 0 Å². The lowest BCUT2D eigenvalue weighted by Gasteiger charge is -2.43. The Kier molecular flexibility index (Phi) is 6.48. The minimum absolute atomic E-state index is 0.0190. The van der Waals surface area contributed by atoms with Gasteiger partial charge in [-0.05, 0) is 31.4 Å². The molecule has 1 heterocycles. The van der Waals surface area contributed by atoms with E-state index in [2.05, 4.69) is 0 Å². The number of carbonyl (C=O) groups is 2. The fourth-order valence-electron chi connectivity index (χ4n) is 4.44. The Morgan fingerprint density at radius 2 is 1.58 bits per heavy atom. The first-order valence-electron chi connectivity index (χ1n) is 10.2. The summed E-state index contributed by atoms with van der Waals surface area (Å²) in [5.74, 6) is -2.57. The number of rotatable bonds is 7. The highest BCUT2D eigenvalue weighted by molar-refractivity contribution is 6.01. The van der Waals surface area contributed by atoms with Crippen LogP contribution in [0, 0.1) is 10.1 Å². The predicted octanol–water partition coefficient (Wildman–Crippen LogP) is 4.60. The van der Waals surface area contributed by atoms with Crippen molar-refractivity contribution >= 4 is 23.7 Å². The molecule has 0 saturated carbocycles. The number of nitrogens with zero attached hydrogens (tertiary/aromatic N) is 2. The molecule has 0 spiro atoms. The molecule has 0 aromatic heterocycles. The van der Waals surface area contributed by atoms with E-state index in [1.165, 1.54) is 23.1 Å². The van der Waals surface area contributed by atoms with Crippen LogP contribution in [0.4, 0.5) is 5.69 Å². The van der Waals surface area contributed by atoms with Gasteiger partial charge >= 0.3 is 11.9 Å². The Morgan fingerprint density at radius 3 is 2.09 bits per heavy atom. The summed E-state index contributed by atoms with van der Waals surface area (Å²) in [6.45, 7) is 3.22. The lowest BCUT2D eigenvalue weighted by Crippen LogP contribution is -2.45. The van der Waals surface area contributed by atoms with Gasteiger partial charge in [-0.25, -0.2) is 9.59 Å². The van der Waals surface area contributed by atoms with Crippen LogP contribution in [-0.2, 0) is 15.0 Å². The van der Waals surface area contributed by atoms with Gasteiger partial charge in [0, 0.05) is 30.6 Å². The van der Waals surface area contributed by atoms with Crippen molar-refractivity contribution in [3.05, 3.63) is 104 Å². The molecule has 1 aliphatic heterocycles.